The third-order valence-electron chi connectivity index (χ3n) is 2.65. The van der Waals surface area contributed by atoms with Crippen molar-refractivity contribution in [2.45, 2.75) is 6.92 Å². The van der Waals surface area contributed by atoms with Crippen LogP contribution in [0.4, 0.5) is 10.1 Å². The van der Waals surface area contributed by atoms with Gasteiger partial charge in [-0.1, -0.05) is 11.6 Å². The largest absolute Gasteiger partial charge is 0.484 e. The Labute approximate surface area is 121 Å². The zero-order valence-corrected chi connectivity index (χ0v) is 11.6. The van der Waals surface area contributed by atoms with Crippen LogP contribution >= 0.6 is 11.6 Å². The van der Waals surface area contributed by atoms with Crippen LogP contribution in [0.1, 0.15) is 5.56 Å². The summed E-state index contributed by atoms with van der Waals surface area (Å²) in [5, 5.41) is 3.34. The molecule has 1 N–H and O–H groups in total. The summed E-state index contributed by atoms with van der Waals surface area (Å²) in [5.74, 6) is -0.201. The van der Waals surface area contributed by atoms with Gasteiger partial charge >= 0.3 is 0 Å². The van der Waals surface area contributed by atoms with Crippen molar-refractivity contribution in [2.75, 3.05) is 11.9 Å². The molecule has 2 aromatic rings. The first kappa shape index (κ1) is 14.3. The van der Waals surface area contributed by atoms with Gasteiger partial charge in [-0.25, -0.2) is 4.39 Å². The molecule has 0 aliphatic carbocycles. The summed E-state index contributed by atoms with van der Waals surface area (Å²) in [5.41, 5.74) is 1.55. The minimum absolute atomic E-state index is 0.145. The van der Waals surface area contributed by atoms with Gasteiger partial charge in [0.25, 0.3) is 5.91 Å². The minimum atomic E-state index is -0.349. The molecule has 0 atom stereocenters. The lowest BCUT2D eigenvalue weighted by molar-refractivity contribution is -0.118. The van der Waals surface area contributed by atoms with E-state index in [0.29, 0.717) is 16.5 Å². The van der Waals surface area contributed by atoms with Gasteiger partial charge in [0.2, 0.25) is 0 Å². The molecule has 0 saturated heterocycles. The molecule has 1 amide bonds. The van der Waals surface area contributed by atoms with Gasteiger partial charge in [-0.15, -0.1) is 0 Å². The first-order valence-corrected chi connectivity index (χ1v) is 6.37. The fourth-order valence-electron chi connectivity index (χ4n) is 1.63. The number of halogens is 2. The van der Waals surface area contributed by atoms with Crippen LogP contribution in [0.3, 0.4) is 0 Å². The summed E-state index contributed by atoms with van der Waals surface area (Å²) in [4.78, 5) is 11.7. The number of aryl methyl sites for hydroxylation is 1. The van der Waals surface area contributed by atoms with Crippen molar-refractivity contribution in [2.24, 2.45) is 0 Å². The summed E-state index contributed by atoms with van der Waals surface area (Å²) in [6.45, 7) is 1.70. The van der Waals surface area contributed by atoms with E-state index in [2.05, 4.69) is 5.32 Å². The van der Waals surface area contributed by atoms with Gasteiger partial charge in [0, 0.05) is 10.7 Å². The first-order chi connectivity index (χ1) is 9.54. The predicted molar refractivity (Wildman–Crippen MR) is 76.7 cm³/mol. The molecule has 0 aromatic heterocycles. The molecule has 104 valence electrons. The molecule has 0 saturated carbocycles. The first-order valence-electron chi connectivity index (χ1n) is 5.99. The molecule has 0 radical (unpaired) electrons. The number of carbonyl (C=O) groups is 1. The van der Waals surface area contributed by atoms with E-state index >= 15 is 0 Å². The quantitative estimate of drug-likeness (QED) is 0.931. The fourth-order valence-corrected chi connectivity index (χ4v) is 1.86. The lowest BCUT2D eigenvalue weighted by Gasteiger charge is -2.09. The number of ether oxygens (including phenoxy) is 1. The second-order valence-electron chi connectivity index (χ2n) is 4.25. The fraction of sp³-hybridized carbons (Fsp3) is 0.133. The highest BCUT2D eigenvalue weighted by Crippen LogP contribution is 2.19. The monoisotopic (exact) mass is 293 g/mol. The van der Waals surface area contributed by atoms with E-state index in [0.717, 1.165) is 5.56 Å². The van der Waals surface area contributed by atoms with Gasteiger partial charge < -0.3 is 10.1 Å². The van der Waals surface area contributed by atoms with E-state index in [1.807, 2.05) is 6.92 Å². The van der Waals surface area contributed by atoms with E-state index in [-0.39, 0.29) is 18.3 Å². The highest BCUT2D eigenvalue weighted by Gasteiger charge is 2.06. The van der Waals surface area contributed by atoms with E-state index in [1.165, 1.54) is 24.3 Å². The zero-order valence-electron chi connectivity index (χ0n) is 10.8. The van der Waals surface area contributed by atoms with Crippen molar-refractivity contribution in [3.8, 4) is 5.75 Å². The smallest absolute Gasteiger partial charge is 0.262 e. The van der Waals surface area contributed by atoms with Gasteiger partial charge in [-0.05, 0) is 55.0 Å². The lowest BCUT2D eigenvalue weighted by atomic mass is 10.2. The van der Waals surface area contributed by atoms with Crippen LogP contribution in [0.15, 0.2) is 42.5 Å². The van der Waals surface area contributed by atoms with Gasteiger partial charge in [0.1, 0.15) is 11.6 Å². The van der Waals surface area contributed by atoms with Gasteiger partial charge in [-0.2, -0.15) is 0 Å². The molecule has 3 nitrogen and oxygen atoms in total. The van der Waals surface area contributed by atoms with Crippen LogP contribution in [0.5, 0.6) is 5.75 Å². The SMILES string of the molecule is Cc1cc(Cl)ccc1NC(=O)COc1ccc(F)cc1. The number of anilines is 1. The third-order valence-corrected chi connectivity index (χ3v) is 2.88. The Hall–Kier alpha value is -2.07. The molecule has 0 fully saturated rings. The van der Waals surface area contributed by atoms with Crippen LogP contribution in [-0.2, 0) is 4.79 Å². The van der Waals surface area contributed by atoms with Crippen LogP contribution in [0.25, 0.3) is 0 Å². The number of amides is 1. The number of nitrogens with one attached hydrogen (secondary N) is 1. The van der Waals surface area contributed by atoms with E-state index in [4.69, 9.17) is 16.3 Å². The molecule has 0 heterocycles. The van der Waals surface area contributed by atoms with Crippen LogP contribution in [0, 0.1) is 12.7 Å². The summed E-state index contributed by atoms with van der Waals surface area (Å²) in [6, 6.07) is 10.7. The normalized spacial score (nSPS) is 10.2. The van der Waals surface area contributed by atoms with Crippen LogP contribution in [-0.4, -0.2) is 12.5 Å². The van der Waals surface area contributed by atoms with Crippen LogP contribution in [0.2, 0.25) is 5.02 Å². The third kappa shape index (κ3) is 3.96. The van der Waals surface area contributed by atoms with Gasteiger partial charge in [0.05, 0.1) is 0 Å². The average molecular weight is 294 g/mol. The minimum Gasteiger partial charge on any atom is -0.484 e. The molecule has 2 rings (SSSR count). The lowest BCUT2D eigenvalue weighted by Crippen LogP contribution is -2.20. The molecular formula is C15H13ClFNO2. The molecule has 20 heavy (non-hydrogen) atoms. The van der Waals surface area contributed by atoms with Crippen molar-refractivity contribution in [3.63, 3.8) is 0 Å². The second kappa shape index (κ2) is 6.39. The van der Waals surface area contributed by atoms with Crippen molar-refractivity contribution < 1.29 is 13.9 Å². The topological polar surface area (TPSA) is 38.3 Å². The summed E-state index contributed by atoms with van der Waals surface area (Å²) >= 11 is 5.84. The summed E-state index contributed by atoms with van der Waals surface area (Å²) in [6.07, 6.45) is 0. The number of hydrogen-bond donors (Lipinski definition) is 1. The van der Waals surface area contributed by atoms with Crippen LogP contribution < -0.4 is 10.1 Å². The van der Waals surface area contributed by atoms with Crippen molar-refractivity contribution in [1.82, 2.24) is 0 Å². The van der Waals surface area contributed by atoms with E-state index < -0.39 is 0 Å². The van der Waals surface area contributed by atoms with E-state index in [1.54, 1.807) is 18.2 Å². The molecule has 2 aromatic carbocycles. The number of carbonyl (C=O) groups excluding carboxylic acids is 1. The second-order valence-corrected chi connectivity index (χ2v) is 4.69. The Morgan fingerprint density at radius 2 is 1.95 bits per heavy atom. The number of hydrogen-bond acceptors (Lipinski definition) is 2. The predicted octanol–water partition coefficient (Wildman–Crippen LogP) is 3.81. The Kier molecular flexibility index (Phi) is 4.58. The standard InChI is InChI=1S/C15H13ClFNO2/c1-10-8-11(16)2-7-14(10)18-15(19)9-20-13-5-3-12(17)4-6-13/h2-8H,9H2,1H3,(H,18,19). The number of rotatable bonds is 4. The Bertz CT molecular complexity index is 614. The molecule has 0 aliphatic heterocycles. The Balaban J connectivity index is 1.90. The Morgan fingerprint density at radius 3 is 2.60 bits per heavy atom. The highest BCUT2D eigenvalue weighted by atomic mass is 35.5. The maximum absolute atomic E-state index is 12.7. The van der Waals surface area contributed by atoms with Crippen molar-refractivity contribution >= 4 is 23.2 Å². The van der Waals surface area contributed by atoms with E-state index in [9.17, 15) is 9.18 Å². The number of benzene rings is 2. The maximum atomic E-state index is 12.7. The summed E-state index contributed by atoms with van der Waals surface area (Å²) < 4.78 is 18.0. The molecule has 0 unspecified atom stereocenters. The summed E-state index contributed by atoms with van der Waals surface area (Å²) in [7, 11) is 0. The average Bonchev–Trinajstić information content (AvgIpc) is 2.41. The molecule has 0 aliphatic rings. The zero-order chi connectivity index (χ0) is 14.5. The maximum Gasteiger partial charge on any atom is 0.262 e. The van der Waals surface area contributed by atoms with Crippen molar-refractivity contribution in [1.29, 1.82) is 0 Å². The molecule has 0 spiro atoms. The highest BCUT2D eigenvalue weighted by molar-refractivity contribution is 6.30. The van der Waals surface area contributed by atoms with Crippen molar-refractivity contribution in [3.05, 3.63) is 58.9 Å². The molecular weight excluding hydrogens is 281 g/mol. The Morgan fingerprint density at radius 1 is 1.25 bits per heavy atom. The van der Waals surface area contributed by atoms with Gasteiger partial charge in [-0.3, -0.25) is 4.79 Å². The molecule has 5 heteroatoms. The molecule has 0 bridgehead atoms. The van der Waals surface area contributed by atoms with Gasteiger partial charge in [0.15, 0.2) is 6.61 Å².